The quantitative estimate of drug-likeness (QED) is 0.836. The van der Waals surface area contributed by atoms with Crippen LogP contribution in [0.1, 0.15) is 10.4 Å². The second-order valence-corrected chi connectivity index (χ2v) is 4.62. The summed E-state index contributed by atoms with van der Waals surface area (Å²) in [6.45, 7) is 0. The van der Waals surface area contributed by atoms with Gasteiger partial charge in [-0.3, -0.25) is 4.98 Å². The Kier molecular flexibility index (Phi) is 3.76. The molecule has 0 spiro atoms. The number of benzene rings is 1. The molecule has 6 heteroatoms. The molecule has 0 bridgehead atoms. The fraction of sp³-hybridized carbons (Fsp3) is 0. The number of nitrogens with zero attached hydrogens (tertiary/aromatic N) is 1. The summed E-state index contributed by atoms with van der Waals surface area (Å²) in [6.07, 6.45) is 1.26. The van der Waals surface area contributed by atoms with E-state index in [1.807, 2.05) is 0 Å². The maximum absolute atomic E-state index is 10.7. The van der Waals surface area contributed by atoms with E-state index < -0.39 is 5.97 Å². The molecule has 92 valence electrons. The van der Waals surface area contributed by atoms with E-state index in [4.69, 9.17) is 39.9 Å². The summed E-state index contributed by atoms with van der Waals surface area (Å²) in [4.78, 5) is 14.7. The standard InChI is InChI=1S/C12H6Cl3NO2/c13-8-3-2-7(10(14)11(8)15)9-4-1-6(5-16-9)12(17)18/h1-5H,(H,17,18). The third-order valence-electron chi connectivity index (χ3n) is 2.32. The second kappa shape index (κ2) is 5.14. The fourth-order valence-corrected chi connectivity index (χ4v) is 2.04. The van der Waals surface area contributed by atoms with Crippen molar-refractivity contribution in [2.45, 2.75) is 0 Å². The van der Waals surface area contributed by atoms with E-state index in [2.05, 4.69) is 4.98 Å². The van der Waals surface area contributed by atoms with E-state index in [-0.39, 0.29) is 10.6 Å². The van der Waals surface area contributed by atoms with Crippen LogP contribution in [0.5, 0.6) is 0 Å². The molecule has 2 aromatic rings. The molecule has 2 rings (SSSR count). The number of hydrogen-bond acceptors (Lipinski definition) is 2. The van der Waals surface area contributed by atoms with Crippen LogP contribution in [0, 0.1) is 0 Å². The number of rotatable bonds is 2. The van der Waals surface area contributed by atoms with Crippen LogP contribution in [-0.4, -0.2) is 16.1 Å². The van der Waals surface area contributed by atoms with Crippen LogP contribution in [0.25, 0.3) is 11.3 Å². The molecule has 0 aliphatic rings. The highest BCUT2D eigenvalue weighted by atomic mass is 35.5. The summed E-state index contributed by atoms with van der Waals surface area (Å²) >= 11 is 17.8. The van der Waals surface area contributed by atoms with Crippen molar-refractivity contribution in [2.75, 3.05) is 0 Å². The van der Waals surface area contributed by atoms with Crippen molar-refractivity contribution in [1.29, 1.82) is 0 Å². The molecule has 0 atom stereocenters. The number of pyridine rings is 1. The summed E-state index contributed by atoms with van der Waals surface area (Å²) < 4.78 is 0. The molecule has 0 aliphatic carbocycles. The van der Waals surface area contributed by atoms with E-state index in [1.165, 1.54) is 12.3 Å². The zero-order valence-corrected chi connectivity index (χ0v) is 11.1. The summed E-state index contributed by atoms with van der Waals surface area (Å²) in [6, 6.07) is 6.30. The van der Waals surface area contributed by atoms with Gasteiger partial charge in [0.05, 0.1) is 26.3 Å². The molecule has 3 nitrogen and oxygen atoms in total. The zero-order valence-electron chi connectivity index (χ0n) is 8.82. The lowest BCUT2D eigenvalue weighted by molar-refractivity contribution is 0.0696. The van der Waals surface area contributed by atoms with Gasteiger partial charge in [0.25, 0.3) is 0 Å². The van der Waals surface area contributed by atoms with Gasteiger partial charge in [-0.05, 0) is 24.3 Å². The molecule has 0 saturated heterocycles. The van der Waals surface area contributed by atoms with Crippen LogP contribution in [0.3, 0.4) is 0 Å². The predicted octanol–water partition coefficient (Wildman–Crippen LogP) is 4.41. The minimum Gasteiger partial charge on any atom is -0.478 e. The maximum atomic E-state index is 10.7. The van der Waals surface area contributed by atoms with Crippen molar-refractivity contribution in [3.8, 4) is 11.3 Å². The highest BCUT2D eigenvalue weighted by molar-refractivity contribution is 6.49. The van der Waals surface area contributed by atoms with Crippen LogP contribution >= 0.6 is 34.8 Å². The normalized spacial score (nSPS) is 10.4. The number of hydrogen-bond donors (Lipinski definition) is 1. The Morgan fingerprint density at radius 3 is 2.33 bits per heavy atom. The van der Waals surface area contributed by atoms with Crippen LogP contribution in [0.2, 0.25) is 15.1 Å². The molecule has 18 heavy (non-hydrogen) atoms. The first-order chi connectivity index (χ1) is 8.50. The van der Waals surface area contributed by atoms with E-state index in [9.17, 15) is 4.79 Å². The van der Waals surface area contributed by atoms with Crippen molar-refractivity contribution in [3.05, 3.63) is 51.1 Å². The third-order valence-corrected chi connectivity index (χ3v) is 3.62. The summed E-state index contributed by atoms with van der Waals surface area (Å²) in [7, 11) is 0. The lowest BCUT2D eigenvalue weighted by Gasteiger charge is -2.06. The minimum atomic E-state index is -1.03. The molecule has 0 saturated carbocycles. The van der Waals surface area contributed by atoms with Crippen molar-refractivity contribution >= 4 is 40.8 Å². The van der Waals surface area contributed by atoms with Crippen molar-refractivity contribution < 1.29 is 9.90 Å². The molecule has 1 aromatic heterocycles. The SMILES string of the molecule is O=C(O)c1ccc(-c2ccc(Cl)c(Cl)c2Cl)nc1. The first-order valence-corrected chi connectivity index (χ1v) is 5.97. The van der Waals surface area contributed by atoms with Gasteiger partial charge in [-0.25, -0.2) is 4.79 Å². The Bertz CT molecular complexity index is 611. The van der Waals surface area contributed by atoms with Gasteiger partial charge in [0.2, 0.25) is 0 Å². The highest BCUT2D eigenvalue weighted by Crippen LogP contribution is 2.37. The molecule has 1 heterocycles. The largest absolute Gasteiger partial charge is 0.478 e. The topological polar surface area (TPSA) is 50.2 Å². The molecule has 0 fully saturated rings. The van der Waals surface area contributed by atoms with Gasteiger partial charge < -0.3 is 5.11 Å². The number of aromatic carboxylic acids is 1. The van der Waals surface area contributed by atoms with Crippen LogP contribution in [-0.2, 0) is 0 Å². The first kappa shape index (κ1) is 13.1. The zero-order chi connectivity index (χ0) is 13.3. The van der Waals surface area contributed by atoms with E-state index in [0.717, 1.165) is 0 Å². The van der Waals surface area contributed by atoms with Crippen molar-refractivity contribution in [3.63, 3.8) is 0 Å². The van der Waals surface area contributed by atoms with Gasteiger partial charge in [-0.1, -0.05) is 34.8 Å². The molecular formula is C12H6Cl3NO2. The number of carbonyl (C=O) groups is 1. The van der Waals surface area contributed by atoms with Crippen LogP contribution in [0.4, 0.5) is 0 Å². The second-order valence-electron chi connectivity index (χ2n) is 3.46. The van der Waals surface area contributed by atoms with Gasteiger partial charge in [0.1, 0.15) is 0 Å². The Morgan fingerprint density at radius 1 is 1.06 bits per heavy atom. The molecule has 0 amide bonds. The third kappa shape index (κ3) is 2.43. The average molecular weight is 303 g/mol. The predicted molar refractivity (Wildman–Crippen MR) is 71.7 cm³/mol. The minimum absolute atomic E-state index is 0.106. The van der Waals surface area contributed by atoms with Crippen molar-refractivity contribution in [1.82, 2.24) is 4.98 Å². The van der Waals surface area contributed by atoms with Crippen LogP contribution in [0.15, 0.2) is 30.5 Å². The van der Waals surface area contributed by atoms with Gasteiger partial charge in [-0.15, -0.1) is 0 Å². The number of aromatic nitrogens is 1. The Hall–Kier alpha value is -1.29. The van der Waals surface area contributed by atoms with Crippen LogP contribution < -0.4 is 0 Å². The fourth-order valence-electron chi connectivity index (χ4n) is 1.40. The summed E-state index contributed by atoms with van der Waals surface area (Å²) in [5.41, 5.74) is 1.24. The van der Waals surface area contributed by atoms with E-state index in [0.29, 0.717) is 21.3 Å². The van der Waals surface area contributed by atoms with Gasteiger partial charge in [0.15, 0.2) is 0 Å². The first-order valence-electron chi connectivity index (χ1n) is 4.84. The molecular weight excluding hydrogens is 296 g/mol. The molecule has 0 radical (unpaired) electrons. The smallest absolute Gasteiger partial charge is 0.337 e. The lowest BCUT2D eigenvalue weighted by atomic mass is 10.1. The van der Waals surface area contributed by atoms with Gasteiger partial charge in [0, 0.05) is 11.8 Å². The number of carboxylic acid groups (broad SMARTS) is 1. The average Bonchev–Trinajstić information content (AvgIpc) is 2.36. The van der Waals surface area contributed by atoms with Gasteiger partial charge >= 0.3 is 5.97 Å². The molecule has 1 aromatic carbocycles. The van der Waals surface area contributed by atoms with E-state index >= 15 is 0 Å². The Morgan fingerprint density at radius 2 is 1.78 bits per heavy atom. The summed E-state index contributed by atoms with van der Waals surface area (Å²) in [5.74, 6) is -1.03. The maximum Gasteiger partial charge on any atom is 0.337 e. The molecule has 1 N–H and O–H groups in total. The molecule has 0 unspecified atom stereocenters. The lowest BCUT2D eigenvalue weighted by Crippen LogP contribution is -1.97. The highest BCUT2D eigenvalue weighted by Gasteiger charge is 2.12. The summed E-state index contributed by atoms with van der Waals surface area (Å²) in [5, 5.41) is 9.67. The monoisotopic (exact) mass is 301 g/mol. The van der Waals surface area contributed by atoms with E-state index in [1.54, 1.807) is 18.2 Å². The van der Waals surface area contributed by atoms with Crippen molar-refractivity contribution in [2.24, 2.45) is 0 Å². The molecule has 0 aliphatic heterocycles. The number of halogens is 3. The van der Waals surface area contributed by atoms with Gasteiger partial charge in [-0.2, -0.15) is 0 Å². The number of carboxylic acids is 1. The Labute approximate surface area is 118 Å². The Balaban J connectivity index is 2.49.